The summed E-state index contributed by atoms with van der Waals surface area (Å²) in [6.07, 6.45) is 2.17. The summed E-state index contributed by atoms with van der Waals surface area (Å²) in [5, 5.41) is 10.6. The number of amides is 1. The molecule has 1 aromatic rings. The summed E-state index contributed by atoms with van der Waals surface area (Å²) in [5.74, 6) is -0.0178. The molecule has 1 aromatic carbocycles. The molecule has 0 atom stereocenters. The second-order valence-corrected chi connectivity index (χ2v) is 4.46. The molecule has 2 rings (SSSR count). The van der Waals surface area contributed by atoms with E-state index < -0.39 is 0 Å². The first-order valence-corrected chi connectivity index (χ1v) is 5.81. The van der Waals surface area contributed by atoms with E-state index in [9.17, 15) is 4.79 Å². The van der Waals surface area contributed by atoms with E-state index >= 15 is 0 Å². The maximum absolute atomic E-state index is 11.9. The van der Waals surface area contributed by atoms with Gasteiger partial charge in [-0.3, -0.25) is 4.79 Å². The molecule has 4 N–H and O–H groups in total. The van der Waals surface area contributed by atoms with Crippen LogP contribution in [0.5, 0.6) is 0 Å². The van der Waals surface area contributed by atoms with Gasteiger partial charge >= 0.3 is 0 Å². The fraction of sp³-hybridized carbons (Fsp3) is 0.385. The molecule has 0 saturated heterocycles. The minimum Gasteiger partial charge on any atom is -0.349 e. The van der Waals surface area contributed by atoms with Gasteiger partial charge in [0.15, 0.2) is 0 Å². The average Bonchev–Trinajstić information content (AvgIpc) is 3.11. The Kier molecular flexibility index (Phi) is 3.24. The predicted octanol–water partition coefficient (Wildman–Crippen LogP) is 1.21. The van der Waals surface area contributed by atoms with Crippen molar-refractivity contribution in [2.24, 2.45) is 5.73 Å². The largest absolute Gasteiger partial charge is 0.349 e. The van der Waals surface area contributed by atoms with E-state index in [0.29, 0.717) is 17.3 Å². The third-order valence-corrected chi connectivity index (χ3v) is 2.94. The summed E-state index contributed by atoms with van der Waals surface area (Å²) in [5.41, 5.74) is 8.17. The van der Waals surface area contributed by atoms with Gasteiger partial charge in [0.1, 0.15) is 0 Å². The lowest BCUT2D eigenvalue weighted by atomic mass is 10.0. The van der Waals surface area contributed by atoms with Gasteiger partial charge in [0, 0.05) is 18.2 Å². The molecule has 90 valence electrons. The fourth-order valence-electron chi connectivity index (χ4n) is 1.71. The molecular formula is C13H17N3O. The van der Waals surface area contributed by atoms with Crippen molar-refractivity contribution in [3.8, 4) is 0 Å². The van der Waals surface area contributed by atoms with E-state index in [0.717, 1.165) is 24.0 Å². The molecule has 0 heterocycles. The van der Waals surface area contributed by atoms with Crippen LogP contribution in [0.1, 0.15) is 34.3 Å². The summed E-state index contributed by atoms with van der Waals surface area (Å²) in [6, 6.07) is 5.76. The number of carbonyl (C=O) groups is 1. The summed E-state index contributed by atoms with van der Waals surface area (Å²) in [6.45, 7) is 2.10. The Labute approximate surface area is 101 Å². The quantitative estimate of drug-likeness (QED) is 0.681. The van der Waals surface area contributed by atoms with Crippen LogP contribution in [-0.4, -0.2) is 24.2 Å². The monoisotopic (exact) mass is 231 g/mol. The lowest BCUT2D eigenvalue weighted by Crippen LogP contribution is -2.26. The molecule has 0 bridgehead atoms. The Morgan fingerprint density at radius 2 is 2.24 bits per heavy atom. The van der Waals surface area contributed by atoms with Gasteiger partial charge in [0.2, 0.25) is 0 Å². The van der Waals surface area contributed by atoms with Crippen molar-refractivity contribution in [3.05, 3.63) is 34.9 Å². The zero-order chi connectivity index (χ0) is 12.4. The first-order valence-electron chi connectivity index (χ1n) is 5.81. The molecule has 0 spiro atoms. The molecule has 1 amide bonds. The Hall–Kier alpha value is -1.68. The molecular weight excluding hydrogens is 214 g/mol. The Balaban J connectivity index is 2.18. The molecule has 1 aliphatic carbocycles. The zero-order valence-corrected chi connectivity index (χ0v) is 9.92. The summed E-state index contributed by atoms with van der Waals surface area (Å²) in [7, 11) is 0. The first kappa shape index (κ1) is 11.8. The first-order chi connectivity index (χ1) is 8.11. The lowest BCUT2D eigenvalue weighted by Gasteiger charge is -2.09. The van der Waals surface area contributed by atoms with Crippen molar-refractivity contribution < 1.29 is 4.79 Å². The number of aryl methyl sites for hydroxylation is 1. The molecule has 0 unspecified atom stereocenters. The highest BCUT2D eigenvalue weighted by molar-refractivity contribution is 6.02. The maximum Gasteiger partial charge on any atom is 0.251 e. The minimum absolute atomic E-state index is 0.0178. The highest BCUT2D eigenvalue weighted by Gasteiger charge is 2.24. The van der Waals surface area contributed by atoms with Gasteiger partial charge in [-0.05, 0) is 43.0 Å². The molecule has 4 heteroatoms. The molecule has 0 radical (unpaired) electrons. The van der Waals surface area contributed by atoms with Crippen LogP contribution < -0.4 is 11.1 Å². The van der Waals surface area contributed by atoms with Crippen molar-refractivity contribution in [2.75, 3.05) is 6.54 Å². The Morgan fingerprint density at radius 3 is 2.76 bits per heavy atom. The van der Waals surface area contributed by atoms with E-state index in [1.165, 1.54) is 0 Å². The molecule has 0 aliphatic heterocycles. The van der Waals surface area contributed by atoms with E-state index in [1.54, 1.807) is 12.1 Å². The van der Waals surface area contributed by atoms with Crippen LogP contribution in [-0.2, 0) is 0 Å². The van der Waals surface area contributed by atoms with Crippen molar-refractivity contribution in [3.63, 3.8) is 0 Å². The van der Waals surface area contributed by atoms with Crippen molar-refractivity contribution in [1.29, 1.82) is 5.41 Å². The lowest BCUT2D eigenvalue weighted by molar-refractivity contribution is 0.0950. The third kappa shape index (κ3) is 2.71. The van der Waals surface area contributed by atoms with E-state index in [1.807, 2.05) is 13.0 Å². The number of rotatable bonds is 4. The highest BCUT2D eigenvalue weighted by Crippen LogP contribution is 2.20. The van der Waals surface area contributed by atoms with Crippen LogP contribution in [0.2, 0.25) is 0 Å². The molecule has 1 fully saturated rings. The highest BCUT2D eigenvalue weighted by atomic mass is 16.1. The number of hydrogen-bond acceptors (Lipinski definition) is 3. The molecule has 0 aromatic heterocycles. The summed E-state index contributed by atoms with van der Waals surface area (Å²) in [4.78, 5) is 11.9. The maximum atomic E-state index is 11.9. The molecule has 4 nitrogen and oxygen atoms in total. The van der Waals surface area contributed by atoms with E-state index in [2.05, 4.69) is 5.32 Å². The van der Waals surface area contributed by atoms with Gasteiger partial charge in [-0.25, -0.2) is 0 Å². The number of benzene rings is 1. The van der Waals surface area contributed by atoms with Gasteiger partial charge in [0.05, 0.1) is 5.71 Å². The smallest absolute Gasteiger partial charge is 0.251 e. The second kappa shape index (κ2) is 4.67. The Bertz CT molecular complexity index is 464. The Morgan fingerprint density at radius 1 is 1.53 bits per heavy atom. The third-order valence-electron chi connectivity index (χ3n) is 2.94. The molecule has 1 aliphatic rings. The zero-order valence-electron chi connectivity index (χ0n) is 9.92. The van der Waals surface area contributed by atoms with Gasteiger partial charge in [0.25, 0.3) is 5.91 Å². The summed E-state index contributed by atoms with van der Waals surface area (Å²) < 4.78 is 0. The topological polar surface area (TPSA) is 79.0 Å². The second-order valence-electron chi connectivity index (χ2n) is 4.46. The molecule has 1 saturated carbocycles. The van der Waals surface area contributed by atoms with Crippen LogP contribution in [0.15, 0.2) is 18.2 Å². The van der Waals surface area contributed by atoms with Crippen LogP contribution >= 0.6 is 0 Å². The van der Waals surface area contributed by atoms with E-state index in [4.69, 9.17) is 11.1 Å². The van der Waals surface area contributed by atoms with Crippen molar-refractivity contribution in [2.45, 2.75) is 25.8 Å². The molecule has 17 heavy (non-hydrogen) atoms. The summed E-state index contributed by atoms with van der Waals surface area (Å²) >= 11 is 0. The van der Waals surface area contributed by atoms with Crippen LogP contribution in [0.25, 0.3) is 0 Å². The van der Waals surface area contributed by atoms with Crippen LogP contribution in [0, 0.1) is 12.3 Å². The van der Waals surface area contributed by atoms with Crippen LogP contribution in [0.3, 0.4) is 0 Å². The minimum atomic E-state index is -0.0178. The SMILES string of the molecule is Cc1cc(C(=N)CN)ccc1C(=O)NC1CC1. The standard InChI is InChI=1S/C13H17N3O/c1-8-6-9(12(15)7-14)2-5-11(8)13(17)16-10-3-4-10/h2,5-6,10,15H,3-4,7,14H2,1H3,(H,16,17). The number of nitrogens with two attached hydrogens (primary N) is 1. The van der Waals surface area contributed by atoms with E-state index in [-0.39, 0.29) is 12.5 Å². The van der Waals surface area contributed by atoms with Crippen molar-refractivity contribution >= 4 is 11.6 Å². The van der Waals surface area contributed by atoms with Crippen molar-refractivity contribution in [1.82, 2.24) is 5.32 Å². The van der Waals surface area contributed by atoms with Gasteiger partial charge < -0.3 is 16.5 Å². The predicted molar refractivity (Wildman–Crippen MR) is 67.6 cm³/mol. The average molecular weight is 231 g/mol. The van der Waals surface area contributed by atoms with Gasteiger partial charge in [-0.15, -0.1) is 0 Å². The number of carbonyl (C=O) groups excluding carboxylic acids is 1. The fourth-order valence-corrected chi connectivity index (χ4v) is 1.71. The number of nitrogens with one attached hydrogen (secondary N) is 2. The van der Waals surface area contributed by atoms with Crippen LogP contribution in [0.4, 0.5) is 0 Å². The normalized spacial score (nSPS) is 14.5. The number of hydrogen-bond donors (Lipinski definition) is 3. The van der Waals surface area contributed by atoms with Gasteiger partial charge in [-0.1, -0.05) is 6.07 Å². The van der Waals surface area contributed by atoms with Gasteiger partial charge in [-0.2, -0.15) is 0 Å².